The molecule has 4 aromatic rings. The summed E-state index contributed by atoms with van der Waals surface area (Å²) in [5, 5.41) is 0. The van der Waals surface area contributed by atoms with Crippen molar-refractivity contribution in [2.75, 3.05) is 11.4 Å². The Morgan fingerprint density at radius 3 is 2.61 bits per heavy atom. The molecule has 0 unspecified atom stereocenters. The number of fused-ring (bicyclic) bond motifs is 2. The Bertz CT molecular complexity index is 1260. The van der Waals surface area contributed by atoms with Crippen LogP contribution in [0.5, 0.6) is 0 Å². The van der Waals surface area contributed by atoms with Gasteiger partial charge in [0.05, 0.1) is 0 Å². The first-order valence-electron chi connectivity index (χ1n) is 10.5. The van der Waals surface area contributed by atoms with Crippen molar-refractivity contribution in [3.63, 3.8) is 0 Å². The number of anilines is 1. The number of hydrogen-bond acceptors (Lipinski definition) is 1. The maximum absolute atomic E-state index is 2.53. The van der Waals surface area contributed by atoms with E-state index in [4.69, 9.17) is 0 Å². The molecular weight excluding hydrogens is 512 g/mol. The maximum atomic E-state index is 2.53. The molecule has 0 spiro atoms. The monoisotopic (exact) mass is 539 g/mol. The predicted molar refractivity (Wildman–Crippen MR) is 130 cm³/mol. The van der Waals surface area contributed by atoms with Gasteiger partial charge >= 0.3 is 196 Å². The summed E-state index contributed by atoms with van der Waals surface area (Å²) in [5.74, 6) is 0. The van der Waals surface area contributed by atoms with Gasteiger partial charge in [0.1, 0.15) is 0 Å². The fourth-order valence-corrected chi connectivity index (χ4v) is 8.42. The van der Waals surface area contributed by atoms with E-state index in [1.54, 1.807) is 0 Å². The summed E-state index contributed by atoms with van der Waals surface area (Å²) in [6, 6.07) is 23.9. The number of hydrogen-bond donors (Lipinski definition) is 0. The molecular formula is C26H25N3Se2+2. The van der Waals surface area contributed by atoms with Crippen LogP contribution in [-0.2, 0) is 13.6 Å². The molecule has 2 aromatic heterocycles. The Kier molecular flexibility index (Phi) is 6.20. The number of nitrogens with zero attached hydrogens (tertiary/aromatic N) is 3. The number of pyridine rings is 1. The van der Waals surface area contributed by atoms with Crippen molar-refractivity contribution in [3.05, 3.63) is 100 Å². The van der Waals surface area contributed by atoms with E-state index < -0.39 is 0 Å². The number of para-hydroxylation sites is 2. The molecule has 2 aromatic carbocycles. The first-order valence-corrected chi connectivity index (χ1v) is 14.0. The van der Waals surface area contributed by atoms with Gasteiger partial charge in [-0.2, -0.15) is 0 Å². The van der Waals surface area contributed by atoms with Crippen LogP contribution >= 0.6 is 0 Å². The van der Waals surface area contributed by atoms with E-state index in [-0.39, 0.29) is 0 Å². The van der Waals surface area contributed by atoms with Gasteiger partial charge in [0, 0.05) is 0 Å². The molecule has 0 aliphatic carbocycles. The van der Waals surface area contributed by atoms with Crippen molar-refractivity contribution in [1.82, 2.24) is 0 Å². The van der Waals surface area contributed by atoms with Crippen molar-refractivity contribution >= 4 is 55.5 Å². The third-order valence-electron chi connectivity index (χ3n) is 5.46. The van der Waals surface area contributed by atoms with Crippen molar-refractivity contribution in [2.45, 2.75) is 13.0 Å². The molecule has 1 aliphatic rings. The van der Waals surface area contributed by atoms with E-state index in [0.717, 1.165) is 19.5 Å². The molecule has 3 nitrogen and oxygen atoms in total. The number of rotatable bonds is 6. The Labute approximate surface area is 195 Å². The molecule has 5 rings (SSSR count). The third kappa shape index (κ3) is 4.46. The van der Waals surface area contributed by atoms with Gasteiger partial charge in [0.15, 0.2) is 0 Å². The molecule has 5 heteroatoms. The number of aryl methyl sites for hydroxylation is 2. The second-order valence-electron chi connectivity index (χ2n) is 7.52. The normalized spacial score (nSPS) is 14.7. The van der Waals surface area contributed by atoms with Crippen LogP contribution in [0.4, 0.5) is 5.69 Å². The van der Waals surface area contributed by atoms with E-state index in [9.17, 15) is 0 Å². The van der Waals surface area contributed by atoms with Crippen LogP contribution in [-0.4, -0.2) is 36.0 Å². The summed E-state index contributed by atoms with van der Waals surface area (Å²) in [5.41, 5.74) is 2.75. The Morgan fingerprint density at radius 2 is 1.74 bits per heavy atom. The Morgan fingerprint density at radius 1 is 0.935 bits per heavy atom. The predicted octanol–water partition coefficient (Wildman–Crippen LogP) is 2.80. The van der Waals surface area contributed by atoms with Crippen LogP contribution in [0.25, 0.3) is 15.9 Å². The third-order valence-corrected chi connectivity index (χ3v) is 10.3. The van der Waals surface area contributed by atoms with Gasteiger partial charge < -0.3 is 0 Å². The van der Waals surface area contributed by atoms with Gasteiger partial charge in [-0.05, 0) is 0 Å². The van der Waals surface area contributed by atoms with Crippen LogP contribution in [0.3, 0.4) is 0 Å². The molecule has 154 valence electrons. The second kappa shape index (κ2) is 9.38. The molecule has 0 radical (unpaired) electrons. The minimum atomic E-state index is 0.362. The first kappa shape index (κ1) is 20.5. The van der Waals surface area contributed by atoms with Crippen LogP contribution in [0.2, 0.25) is 0 Å². The minimum absolute atomic E-state index is 0.362. The summed E-state index contributed by atoms with van der Waals surface area (Å²) in [4.78, 5) is 2.53. The summed E-state index contributed by atoms with van der Waals surface area (Å²) < 4.78 is 10.4. The van der Waals surface area contributed by atoms with Crippen LogP contribution < -0.4 is 18.5 Å². The van der Waals surface area contributed by atoms with Gasteiger partial charge in [-0.1, -0.05) is 0 Å². The SMILES string of the molecule is C[n+]1c(/C=C/C=C2\[Se]c3ccccc3N2CCC[n+]2ccccc2)[se]c2ccccc21. The molecule has 3 heterocycles. The zero-order valence-electron chi connectivity index (χ0n) is 17.5. The quantitative estimate of drug-likeness (QED) is 0.272. The summed E-state index contributed by atoms with van der Waals surface area (Å²) in [7, 11) is 2.18. The van der Waals surface area contributed by atoms with Gasteiger partial charge in [-0.3, -0.25) is 0 Å². The van der Waals surface area contributed by atoms with Crippen molar-refractivity contribution < 1.29 is 9.13 Å². The number of aromatic nitrogens is 2. The average molecular weight is 537 g/mol. The number of allylic oxidation sites excluding steroid dienone is 2. The molecule has 0 atom stereocenters. The van der Waals surface area contributed by atoms with Crippen molar-refractivity contribution in [3.8, 4) is 0 Å². The van der Waals surface area contributed by atoms with Gasteiger partial charge in [-0.15, -0.1) is 0 Å². The summed E-state index contributed by atoms with van der Waals surface area (Å²) >= 11 is 0.748. The molecule has 0 bridgehead atoms. The van der Waals surface area contributed by atoms with Crippen LogP contribution in [0, 0.1) is 0 Å². The van der Waals surface area contributed by atoms with Crippen LogP contribution in [0.15, 0.2) is 95.9 Å². The van der Waals surface area contributed by atoms with E-state index in [1.807, 2.05) is 0 Å². The zero-order valence-corrected chi connectivity index (χ0v) is 20.9. The summed E-state index contributed by atoms with van der Waals surface area (Å²) in [6.45, 7) is 2.09. The van der Waals surface area contributed by atoms with E-state index >= 15 is 0 Å². The first-order chi connectivity index (χ1) is 15.3. The number of benzene rings is 2. The Hall–Kier alpha value is -2.42. The second-order valence-corrected chi connectivity index (χ2v) is 12.0. The fourth-order valence-electron chi connectivity index (χ4n) is 3.88. The van der Waals surface area contributed by atoms with Crippen molar-refractivity contribution in [2.24, 2.45) is 7.05 Å². The van der Waals surface area contributed by atoms with Gasteiger partial charge in [0.25, 0.3) is 0 Å². The Balaban J connectivity index is 1.35. The van der Waals surface area contributed by atoms with Gasteiger partial charge in [-0.25, -0.2) is 0 Å². The molecule has 31 heavy (non-hydrogen) atoms. The van der Waals surface area contributed by atoms with Gasteiger partial charge in [0.2, 0.25) is 0 Å². The molecule has 0 fully saturated rings. The molecule has 0 saturated heterocycles. The molecule has 0 amide bonds. The average Bonchev–Trinajstić information content (AvgIpc) is 3.32. The van der Waals surface area contributed by atoms with E-state index in [2.05, 4.69) is 118 Å². The van der Waals surface area contributed by atoms with Crippen LogP contribution in [0.1, 0.15) is 11.0 Å². The zero-order chi connectivity index (χ0) is 21.0. The van der Waals surface area contributed by atoms with Crippen molar-refractivity contribution in [1.29, 1.82) is 0 Å². The van der Waals surface area contributed by atoms with E-state index in [1.165, 1.54) is 29.1 Å². The molecule has 0 N–H and O–H groups in total. The molecule has 0 saturated carbocycles. The standard InChI is InChI=1S/C26H25N3Se2/c1-27-21-11-3-5-13-23(21)30-25(27)15-9-16-26-29(22-12-4-6-14-24(22)31-26)20-10-19-28-17-7-2-8-18-28/h2-9,11-18H,10,19-20H2,1H3/q+2. The van der Waals surface area contributed by atoms with E-state index in [0.29, 0.717) is 29.5 Å². The topological polar surface area (TPSA) is 11.0 Å². The summed E-state index contributed by atoms with van der Waals surface area (Å²) in [6.07, 6.45) is 12.3. The molecule has 1 aliphatic heterocycles. The fraction of sp³-hybridized carbons (Fsp3) is 0.154.